The average molecular weight is 166 g/mol. The highest BCUT2D eigenvalue weighted by molar-refractivity contribution is 5.96. The number of Topliss-reactive ketones (excluding diaryl/α,β-unsaturated/α-hetero) is 1. The van der Waals surface area contributed by atoms with E-state index in [4.69, 9.17) is 4.74 Å². The van der Waals surface area contributed by atoms with Crippen LogP contribution in [-0.4, -0.2) is 18.5 Å². The molecule has 1 saturated heterocycles. The third-order valence-corrected chi connectivity index (χ3v) is 1.81. The van der Waals surface area contributed by atoms with Crippen molar-refractivity contribution in [3.63, 3.8) is 0 Å². The van der Waals surface area contributed by atoms with E-state index in [1.54, 1.807) is 0 Å². The summed E-state index contributed by atoms with van der Waals surface area (Å²) < 4.78 is 5.26. The van der Waals surface area contributed by atoms with Crippen LogP contribution in [0.3, 0.4) is 0 Å². The van der Waals surface area contributed by atoms with Crippen molar-refractivity contribution in [2.75, 3.05) is 6.61 Å². The van der Waals surface area contributed by atoms with Gasteiger partial charge in [0.15, 0.2) is 0 Å². The van der Waals surface area contributed by atoms with Crippen LogP contribution in [0.15, 0.2) is 0 Å². The minimum atomic E-state index is 0.00509. The molecular weight excluding hydrogens is 152 g/mol. The zero-order valence-electron chi connectivity index (χ0n) is 7.59. The van der Waals surface area contributed by atoms with Gasteiger partial charge in [-0.1, -0.05) is 19.8 Å². The van der Waals surface area contributed by atoms with E-state index in [9.17, 15) is 4.79 Å². The molecule has 12 heavy (non-hydrogen) atoms. The minimum absolute atomic E-state index is 0.00509. The van der Waals surface area contributed by atoms with Crippen LogP contribution in [0, 0.1) is 17.8 Å². The van der Waals surface area contributed by atoms with Gasteiger partial charge in [0.25, 0.3) is 0 Å². The summed E-state index contributed by atoms with van der Waals surface area (Å²) in [6, 6.07) is 0. The minimum Gasteiger partial charge on any atom is -0.366 e. The van der Waals surface area contributed by atoms with E-state index < -0.39 is 0 Å². The first-order chi connectivity index (χ1) is 5.70. The molecule has 66 valence electrons. The van der Waals surface area contributed by atoms with Gasteiger partial charge in [0.1, 0.15) is 6.10 Å². The highest BCUT2D eigenvalue weighted by atomic mass is 16.5. The summed E-state index contributed by atoms with van der Waals surface area (Å²) in [6.45, 7) is 4.49. The monoisotopic (exact) mass is 166 g/mol. The molecule has 1 rings (SSSR count). The lowest BCUT2D eigenvalue weighted by Crippen LogP contribution is -2.06. The van der Waals surface area contributed by atoms with Gasteiger partial charge in [-0.15, -0.1) is 0 Å². The number of ketones is 1. The first-order valence-corrected chi connectivity index (χ1v) is 4.37. The Morgan fingerprint density at radius 2 is 2.33 bits per heavy atom. The van der Waals surface area contributed by atoms with Gasteiger partial charge in [-0.2, -0.15) is 0 Å². The Labute approximate surface area is 73.3 Å². The lowest BCUT2D eigenvalue weighted by molar-refractivity contribution is -0.116. The Morgan fingerprint density at radius 1 is 1.58 bits per heavy atom. The van der Waals surface area contributed by atoms with E-state index in [-0.39, 0.29) is 17.8 Å². The smallest absolute Gasteiger partial charge is 0.208 e. The molecule has 0 spiro atoms. The number of rotatable bonds is 1. The Hall–Kier alpha value is -0.810. The van der Waals surface area contributed by atoms with Crippen LogP contribution in [-0.2, 0) is 9.53 Å². The van der Waals surface area contributed by atoms with Gasteiger partial charge in [-0.3, -0.25) is 4.79 Å². The first-order valence-electron chi connectivity index (χ1n) is 4.37. The molecule has 0 saturated carbocycles. The second kappa shape index (κ2) is 4.27. The SMILES string of the molecule is CC(C)C(=O)C#CC1CCCO1. The summed E-state index contributed by atoms with van der Waals surface area (Å²) in [5.41, 5.74) is 0. The summed E-state index contributed by atoms with van der Waals surface area (Å²) in [5, 5.41) is 0. The molecule has 0 aliphatic carbocycles. The van der Waals surface area contributed by atoms with E-state index >= 15 is 0 Å². The molecule has 0 amide bonds. The zero-order valence-corrected chi connectivity index (χ0v) is 7.59. The lowest BCUT2D eigenvalue weighted by atomic mass is 10.1. The normalized spacial score (nSPS) is 22.1. The summed E-state index contributed by atoms with van der Waals surface area (Å²) >= 11 is 0. The molecular formula is C10H14O2. The molecule has 0 aromatic carbocycles. The van der Waals surface area contributed by atoms with Crippen molar-refractivity contribution in [1.29, 1.82) is 0 Å². The molecule has 2 nitrogen and oxygen atoms in total. The molecule has 1 aliphatic heterocycles. The van der Waals surface area contributed by atoms with E-state index in [0.29, 0.717) is 0 Å². The first kappa shape index (κ1) is 9.28. The van der Waals surface area contributed by atoms with Crippen molar-refractivity contribution in [1.82, 2.24) is 0 Å². The molecule has 1 atom stereocenters. The van der Waals surface area contributed by atoms with Crippen molar-refractivity contribution in [2.45, 2.75) is 32.8 Å². The Morgan fingerprint density at radius 3 is 2.83 bits per heavy atom. The average Bonchev–Trinajstić information content (AvgIpc) is 2.51. The molecule has 0 radical (unpaired) electrons. The quantitative estimate of drug-likeness (QED) is 0.434. The highest BCUT2D eigenvalue weighted by Gasteiger charge is 2.12. The molecule has 0 N–H and O–H groups in total. The largest absolute Gasteiger partial charge is 0.366 e. The van der Waals surface area contributed by atoms with Crippen molar-refractivity contribution in [3.8, 4) is 11.8 Å². The fourth-order valence-electron chi connectivity index (χ4n) is 0.987. The van der Waals surface area contributed by atoms with Crippen molar-refractivity contribution in [2.24, 2.45) is 5.92 Å². The maximum Gasteiger partial charge on any atom is 0.208 e. The maximum atomic E-state index is 11.1. The van der Waals surface area contributed by atoms with Crippen LogP contribution in [0.2, 0.25) is 0 Å². The van der Waals surface area contributed by atoms with Crippen molar-refractivity contribution in [3.05, 3.63) is 0 Å². The van der Waals surface area contributed by atoms with E-state index in [2.05, 4.69) is 11.8 Å². The lowest BCUT2D eigenvalue weighted by Gasteiger charge is -1.97. The van der Waals surface area contributed by atoms with Crippen LogP contribution in [0.25, 0.3) is 0 Å². The molecule has 1 unspecified atom stereocenters. The number of hydrogen-bond donors (Lipinski definition) is 0. The fraction of sp³-hybridized carbons (Fsp3) is 0.700. The highest BCUT2D eigenvalue weighted by Crippen LogP contribution is 2.10. The van der Waals surface area contributed by atoms with Gasteiger partial charge in [0.2, 0.25) is 5.78 Å². The van der Waals surface area contributed by atoms with Crippen LogP contribution >= 0.6 is 0 Å². The van der Waals surface area contributed by atoms with E-state index in [1.807, 2.05) is 13.8 Å². The van der Waals surface area contributed by atoms with Crippen LogP contribution in [0.5, 0.6) is 0 Å². The van der Waals surface area contributed by atoms with Gasteiger partial charge in [-0.05, 0) is 18.8 Å². The van der Waals surface area contributed by atoms with Gasteiger partial charge in [0, 0.05) is 12.5 Å². The standard InChI is InChI=1S/C10H14O2/c1-8(2)10(11)6-5-9-4-3-7-12-9/h8-9H,3-4,7H2,1-2H3. The molecule has 2 heteroatoms. The van der Waals surface area contributed by atoms with Gasteiger partial charge < -0.3 is 4.74 Å². The number of carbonyl (C=O) groups excluding carboxylic acids is 1. The second-order valence-corrected chi connectivity index (χ2v) is 3.29. The van der Waals surface area contributed by atoms with Crippen molar-refractivity contribution >= 4 is 5.78 Å². The molecule has 0 aromatic heterocycles. The van der Waals surface area contributed by atoms with E-state index in [1.165, 1.54) is 0 Å². The van der Waals surface area contributed by atoms with Gasteiger partial charge in [0.05, 0.1) is 0 Å². The molecule has 1 aliphatic rings. The predicted molar refractivity (Wildman–Crippen MR) is 46.6 cm³/mol. The van der Waals surface area contributed by atoms with Crippen LogP contribution in [0.1, 0.15) is 26.7 Å². The Kier molecular flexibility index (Phi) is 3.31. The summed E-state index contributed by atoms with van der Waals surface area (Å²) in [5.74, 6) is 5.47. The topological polar surface area (TPSA) is 26.3 Å². The summed E-state index contributed by atoms with van der Waals surface area (Å²) in [7, 11) is 0. The van der Waals surface area contributed by atoms with Crippen LogP contribution < -0.4 is 0 Å². The maximum absolute atomic E-state index is 11.1. The Balaban J connectivity index is 2.41. The Bertz CT molecular complexity index is 214. The number of hydrogen-bond acceptors (Lipinski definition) is 2. The summed E-state index contributed by atoms with van der Waals surface area (Å²) in [4.78, 5) is 11.1. The summed E-state index contributed by atoms with van der Waals surface area (Å²) in [6.07, 6.45) is 2.04. The number of ether oxygens (including phenoxy) is 1. The third kappa shape index (κ3) is 2.67. The van der Waals surface area contributed by atoms with Gasteiger partial charge >= 0.3 is 0 Å². The molecule has 0 bridgehead atoms. The fourth-order valence-corrected chi connectivity index (χ4v) is 0.987. The van der Waals surface area contributed by atoms with Crippen molar-refractivity contribution < 1.29 is 9.53 Å². The van der Waals surface area contributed by atoms with E-state index in [0.717, 1.165) is 19.4 Å². The van der Waals surface area contributed by atoms with Gasteiger partial charge in [-0.25, -0.2) is 0 Å². The predicted octanol–water partition coefficient (Wildman–Crippen LogP) is 1.39. The zero-order chi connectivity index (χ0) is 8.97. The second-order valence-electron chi connectivity index (χ2n) is 3.29. The molecule has 0 aromatic rings. The molecule has 1 heterocycles. The van der Waals surface area contributed by atoms with Crippen LogP contribution in [0.4, 0.5) is 0 Å². The third-order valence-electron chi connectivity index (χ3n) is 1.81. The molecule has 1 fully saturated rings. The number of carbonyl (C=O) groups is 1.